The van der Waals surface area contributed by atoms with E-state index in [-0.39, 0.29) is 24.0 Å². The molecule has 0 aromatic heterocycles. The lowest BCUT2D eigenvalue weighted by molar-refractivity contribution is 0.0698. The number of hydrogen-bond acceptors (Lipinski definition) is 3. The number of halogens is 1. The summed E-state index contributed by atoms with van der Waals surface area (Å²) in [5, 5.41) is 3.36. The number of nitrogens with zero attached hydrogens (tertiary/aromatic N) is 2. The second kappa shape index (κ2) is 18.7. The third-order valence-corrected chi connectivity index (χ3v) is 3.16. The molecule has 0 aromatic carbocycles. The van der Waals surface area contributed by atoms with E-state index in [1.165, 1.54) is 19.3 Å². The number of ether oxygens (including phenoxy) is 2. The van der Waals surface area contributed by atoms with Crippen LogP contribution in [-0.4, -0.2) is 65.0 Å². The van der Waals surface area contributed by atoms with Gasteiger partial charge in [0.1, 0.15) is 0 Å². The fourth-order valence-corrected chi connectivity index (χ4v) is 1.92. The Hall–Kier alpha value is -0.340. The largest absolute Gasteiger partial charge is 0.382 e. The van der Waals surface area contributed by atoms with E-state index in [4.69, 9.17) is 9.47 Å². The van der Waals surface area contributed by atoms with Gasteiger partial charge in [0.25, 0.3) is 0 Å². The van der Waals surface area contributed by atoms with Crippen molar-refractivity contribution in [3.05, 3.63) is 12.7 Å². The molecule has 0 bridgehead atoms. The van der Waals surface area contributed by atoms with Crippen molar-refractivity contribution >= 4 is 29.9 Å². The highest BCUT2D eigenvalue weighted by Crippen LogP contribution is 2.01. The van der Waals surface area contributed by atoms with Gasteiger partial charge in [0.05, 0.1) is 13.2 Å². The molecule has 0 rings (SSSR count). The third-order valence-electron chi connectivity index (χ3n) is 3.16. The second-order valence-electron chi connectivity index (χ2n) is 4.99. The summed E-state index contributed by atoms with van der Waals surface area (Å²) in [6, 6.07) is 0. The lowest BCUT2D eigenvalue weighted by Gasteiger charge is -2.22. The van der Waals surface area contributed by atoms with Crippen LogP contribution in [0.1, 0.15) is 32.1 Å². The minimum Gasteiger partial charge on any atom is -0.382 e. The van der Waals surface area contributed by atoms with Crippen LogP contribution in [0.5, 0.6) is 0 Å². The van der Waals surface area contributed by atoms with Crippen LogP contribution in [0.15, 0.2) is 17.6 Å². The smallest absolute Gasteiger partial charge is 0.193 e. The topological polar surface area (TPSA) is 46.1 Å². The van der Waals surface area contributed by atoms with E-state index in [1.807, 2.05) is 13.1 Å². The summed E-state index contributed by atoms with van der Waals surface area (Å²) in [5.41, 5.74) is 0. The molecule has 1 N–H and O–H groups in total. The number of hydrogen-bond donors (Lipinski definition) is 1. The fraction of sp³-hybridized carbons (Fsp3) is 0.812. The first-order valence-corrected chi connectivity index (χ1v) is 7.85. The summed E-state index contributed by atoms with van der Waals surface area (Å²) >= 11 is 0. The first kappa shape index (κ1) is 23.9. The first-order valence-electron chi connectivity index (χ1n) is 7.85. The van der Waals surface area contributed by atoms with E-state index in [9.17, 15) is 0 Å². The lowest BCUT2D eigenvalue weighted by atomic mass is 10.2. The molecule has 5 nitrogen and oxygen atoms in total. The number of rotatable bonds is 13. The predicted octanol–water partition coefficient (Wildman–Crippen LogP) is 2.91. The highest BCUT2D eigenvalue weighted by Gasteiger charge is 2.04. The van der Waals surface area contributed by atoms with Gasteiger partial charge in [-0.25, -0.2) is 0 Å². The van der Waals surface area contributed by atoms with Gasteiger partial charge in [-0.3, -0.25) is 4.99 Å². The van der Waals surface area contributed by atoms with E-state index < -0.39 is 0 Å². The maximum absolute atomic E-state index is 5.43. The normalized spacial score (nSPS) is 11.0. The maximum Gasteiger partial charge on any atom is 0.193 e. The van der Waals surface area contributed by atoms with Crippen LogP contribution < -0.4 is 5.32 Å². The maximum atomic E-state index is 5.43. The fourth-order valence-electron chi connectivity index (χ4n) is 1.92. The van der Waals surface area contributed by atoms with Crippen molar-refractivity contribution in [2.45, 2.75) is 32.1 Å². The van der Waals surface area contributed by atoms with Crippen molar-refractivity contribution in [2.75, 3.05) is 54.1 Å². The van der Waals surface area contributed by atoms with Crippen molar-refractivity contribution in [3.8, 4) is 0 Å². The summed E-state index contributed by atoms with van der Waals surface area (Å²) in [5.74, 6) is 0.954. The van der Waals surface area contributed by atoms with Crippen LogP contribution in [0.2, 0.25) is 0 Å². The average molecular weight is 427 g/mol. The molecular formula is C16H34IN3O2. The molecule has 0 fully saturated rings. The monoisotopic (exact) mass is 427 g/mol. The Balaban J connectivity index is 0. The summed E-state index contributed by atoms with van der Waals surface area (Å²) in [6.45, 7) is 7.72. The number of allylic oxidation sites excluding steroid dienone is 1. The van der Waals surface area contributed by atoms with E-state index in [2.05, 4.69) is 28.8 Å². The van der Waals surface area contributed by atoms with Gasteiger partial charge >= 0.3 is 0 Å². The second-order valence-corrected chi connectivity index (χ2v) is 4.99. The number of nitrogens with one attached hydrogen (secondary N) is 1. The average Bonchev–Trinajstić information content (AvgIpc) is 2.49. The molecule has 0 aliphatic rings. The predicted molar refractivity (Wildman–Crippen MR) is 105 cm³/mol. The Morgan fingerprint density at radius 2 is 1.95 bits per heavy atom. The van der Waals surface area contributed by atoms with Crippen LogP contribution >= 0.6 is 24.0 Å². The van der Waals surface area contributed by atoms with Crippen molar-refractivity contribution in [2.24, 2.45) is 4.99 Å². The van der Waals surface area contributed by atoms with Crippen molar-refractivity contribution in [1.29, 1.82) is 0 Å². The molecule has 0 spiro atoms. The number of methoxy groups -OCH3 is 1. The Kier molecular flexibility index (Phi) is 20.3. The lowest BCUT2D eigenvalue weighted by Crippen LogP contribution is -2.40. The number of unbranched alkanes of at least 4 members (excludes halogenated alkanes) is 3. The highest BCUT2D eigenvalue weighted by atomic mass is 127. The summed E-state index contributed by atoms with van der Waals surface area (Å²) in [6.07, 6.45) is 7.71. The zero-order chi connectivity index (χ0) is 15.8. The molecule has 132 valence electrons. The number of aliphatic imine (C=N–C) groups is 1. The van der Waals surface area contributed by atoms with Gasteiger partial charge in [-0.2, -0.15) is 0 Å². The first-order chi connectivity index (χ1) is 10.3. The molecule has 0 unspecified atom stereocenters. The van der Waals surface area contributed by atoms with E-state index in [0.717, 1.165) is 38.5 Å². The molecule has 22 heavy (non-hydrogen) atoms. The Morgan fingerprint density at radius 1 is 1.18 bits per heavy atom. The Labute approximate surface area is 153 Å². The molecule has 0 radical (unpaired) electrons. The van der Waals surface area contributed by atoms with Crippen molar-refractivity contribution in [1.82, 2.24) is 10.2 Å². The van der Waals surface area contributed by atoms with Crippen molar-refractivity contribution in [3.63, 3.8) is 0 Å². The minimum atomic E-state index is 0. The molecule has 6 heteroatoms. The van der Waals surface area contributed by atoms with Crippen LogP contribution in [0.3, 0.4) is 0 Å². The van der Waals surface area contributed by atoms with Crippen LogP contribution in [0, 0.1) is 0 Å². The van der Waals surface area contributed by atoms with Gasteiger partial charge in [0, 0.05) is 40.9 Å². The van der Waals surface area contributed by atoms with Crippen LogP contribution in [0.25, 0.3) is 0 Å². The molecule has 0 heterocycles. The molecule has 0 atom stereocenters. The molecule has 0 saturated heterocycles. The summed E-state index contributed by atoms with van der Waals surface area (Å²) < 4.78 is 10.4. The summed E-state index contributed by atoms with van der Waals surface area (Å²) in [7, 11) is 5.59. The van der Waals surface area contributed by atoms with Crippen LogP contribution in [0.4, 0.5) is 0 Å². The molecule has 0 aliphatic heterocycles. The van der Waals surface area contributed by atoms with E-state index in [1.54, 1.807) is 7.11 Å². The summed E-state index contributed by atoms with van der Waals surface area (Å²) in [4.78, 5) is 6.48. The van der Waals surface area contributed by atoms with Gasteiger partial charge in [-0.05, 0) is 25.7 Å². The highest BCUT2D eigenvalue weighted by molar-refractivity contribution is 14.0. The quantitative estimate of drug-likeness (QED) is 0.161. The molecule has 0 amide bonds. The van der Waals surface area contributed by atoms with E-state index >= 15 is 0 Å². The molecular weight excluding hydrogens is 393 g/mol. The van der Waals surface area contributed by atoms with Crippen LogP contribution in [-0.2, 0) is 9.47 Å². The van der Waals surface area contributed by atoms with Gasteiger partial charge in [-0.15, -0.1) is 30.6 Å². The third kappa shape index (κ3) is 14.6. The van der Waals surface area contributed by atoms with Gasteiger partial charge in [0.15, 0.2) is 5.96 Å². The molecule has 0 saturated carbocycles. The molecule has 0 aliphatic carbocycles. The van der Waals surface area contributed by atoms with Gasteiger partial charge in [0.2, 0.25) is 0 Å². The number of guanidine groups is 1. The SMILES string of the molecule is C=CCCCCCN(C)C(=NC)NCCCOCCOC.I. The van der Waals surface area contributed by atoms with Gasteiger partial charge < -0.3 is 19.7 Å². The molecule has 0 aromatic rings. The van der Waals surface area contributed by atoms with Crippen molar-refractivity contribution < 1.29 is 9.47 Å². The minimum absolute atomic E-state index is 0. The van der Waals surface area contributed by atoms with E-state index in [0.29, 0.717) is 13.2 Å². The van der Waals surface area contributed by atoms with Gasteiger partial charge in [-0.1, -0.05) is 12.5 Å². The standard InChI is InChI=1S/C16H33N3O2.HI/c1-5-6-7-8-9-12-19(3)16(17-2)18-11-10-13-21-15-14-20-4;/h5H,1,6-15H2,2-4H3,(H,17,18);1H. The Morgan fingerprint density at radius 3 is 2.59 bits per heavy atom. The zero-order valence-electron chi connectivity index (χ0n) is 14.5. The Bertz CT molecular complexity index is 276. The zero-order valence-corrected chi connectivity index (χ0v) is 16.8.